The number of carbonyl (C=O) groups excluding carboxylic acids is 2. The van der Waals surface area contributed by atoms with Gasteiger partial charge in [0.05, 0.1) is 22.9 Å². The summed E-state index contributed by atoms with van der Waals surface area (Å²) in [6.45, 7) is 8.52. The Bertz CT molecular complexity index is 2050. The van der Waals surface area contributed by atoms with E-state index in [-0.39, 0.29) is 16.7 Å². The number of aromatic nitrogens is 5. The molecule has 0 unspecified atom stereocenters. The Balaban J connectivity index is 1.43. The van der Waals surface area contributed by atoms with Crippen LogP contribution in [0.2, 0.25) is 5.02 Å². The molecule has 0 radical (unpaired) electrons. The highest BCUT2D eigenvalue weighted by molar-refractivity contribution is 6.32. The van der Waals surface area contributed by atoms with Crippen molar-refractivity contribution in [3.8, 4) is 16.8 Å². The molecule has 6 rings (SSSR count). The zero-order valence-corrected chi connectivity index (χ0v) is 29.4. The third-order valence-electron chi connectivity index (χ3n) is 9.28. The number of benzene rings is 2. The van der Waals surface area contributed by atoms with Gasteiger partial charge in [-0.05, 0) is 59.6 Å². The van der Waals surface area contributed by atoms with Crippen LogP contribution in [0, 0.1) is 5.41 Å². The second-order valence-corrected chi connectivity index (χ2v) is 14.4. The lowest BCUT2D eigenvalue weighted by molar-refractivity contribution is -0.133. The Morgan fingerprint density at radius 3 is 2.38 bits per heavy atom. The van der Waals surface area contributed by atoms with Gasteiger partial charge in [0.1, 0.15) is 12.9 Å². The Hall–Kier alpha value is -5.25. The molecular formula is C35H36ClF4N9O3. The average molecular weight is 742 g/mol. The number of alkyl halides is 4. The molecule has 2 amide bonds. The zero-order valence-electron chi connectivity index (χ0n) is 28.7. The van der Waals surface area contributed by atoms with E-state index in [0.717, 1.165) is 23.9 Å². The molecule has 2 aliphatic rings. The first-order valence-corrected chi connectivity index (χ1v) is 16.6. The van der Waals surface area contributed by atoms with Gasteiger partial charge in [-0.15, -0.1) is 0 Å². The number of nitrogens with zero attached hydrogens (tertiary/aromatic N) is 7. The maximum atomic E-state index is 15.0. The Kier molecular flexibility index (Phi) is 9.40. The molecule has 2 aromatic heterocycles. The quantitative estimate of drug-likeness (QED) is 0.123. The fraction of sp³-hybridized carbons (Fsp3) is 0.371. The molecular weight excluding hydrogens is 706 g/mol. The van der Waals surface area contributed by atoms with Crippen LogP contribution in [0.4, 0.5) is 22.4 Å². The van der Waals surface area contributed by atoms with E-state index < -0.39 is 59.9 Å². The lowest BCUT2D eigenvalue weighted by Crippen LogP contribution is -2.48. The molecule has 0 bridgehead atoms. The zero-order chi connectivity index (χ0) is 37.7. The van der Waals surface area contributed by atoms with E-state index in [2.05, 4.69) is 27.1 Å². The SMILES string of the molecule is C=C(C(C)(C)C)[C@]1(c2ccc(-c3cnn(C(F)F)c3)cc2)N=C(N)N([C@H](COC(=O)NC2(C)CC2)c2ccc(Cl)c(-n3ncnc3C(F)F)c2)C1=O. The van der Waals surface area contributed by atoms with E-state index in [1.54, 1.807) is 30.3 Å². The van der Waals surface area contributed by atoms with Gasteiger partial charge in [0.2, 0.25) is 5.96 Å². The van der Waals surface area contributed by atoms with Crippen LogP contribution >= 0.6 is 11.6 Å². The molecule has 12 nitrogen and oxygen atoms in total. The van der Waals surface area contributed by atoms with Gasteiger partial charge in [-0.2, -0.15) is 19.0 Å². The first kappa shape index (κ1) is 36.5. The van der Waals surface area contributed by atoms with Crippen LogP contribution in [-0.4, -0.2) is 59.6 Å². The summed E-state index contributed by atoms with van der Waals surface area (Å²) >= 11 is 6.47. The van der Waals surface area contributed by atoms with Crippen LogP contribution < -0.4 is 11.1 Å². The molecule has 1 saturated carbocycles. The van der Waals surface area contributed by atoms with Crippen molar-refractivity contribution in [2.75, 3.05) is 6.61 Å². The van der Waals surface area contributed by atoms with Gasteiger partial charge < -0.3 is 15.8 Å². The van der Waals surface area contributed by atoms with Gasteiger partial charge in [0.25, 0.3) is 12.3 Å². The number of halogens is 5. The van der Waals surface area contributed by atoms with E-state index in [1.165, 1.54) is 29.4 Å². The predicted octanol–water partition coefficient (Wildman–Crippen LogP) is 7.09. The average Bonchev–Trinajstić information content (AvgIpc) is 3.46. The molecule has 4 aromatic rings. The minimum atomic E-state index is -2.98. The molecule has 52 heavy (non-hydrogen) atoms. The monoisotopic (exact) mass is 741 g/mol. The van der Waals surface area contributed by atoms with Gasteiger partial charge in [0.15, 0.2) is 11.4 Å². The van der Waals surface area contributed by atoms with Crippen molar-refractivity contribution in [3.63, 3.8) is 0 Å². The van der Waals surface area contributed by atoms with Crippen molar-refractivity contribution in [3.05, 3.63) is 95.3 Å². The molecule has 3 heterocycles. The first-order chi connectivity index (χ1) is 24.4. The summed E-state index contributed by atoms with van der Waals surface area (Å²) < 4.78 is 61.2. The summed E-state index contributed by atoms with van der Waals surface area (Å²) in [5, 5.41) is 10.5. The number of carbonyl (C=O) groups is 2. The molecule has 17 heteroatoms. The van der Waals surface area contributed by atoms with Crippen molar-refractivity contribution >= 4 is 29.6 Å². The highest BCUT2D eigenvalue weighted by atomic mass is 35.5. The summed E-state index contributed by atoms with van der Waals surface area (Å²) in [7, 11) is 0. The summed E-state index contributed by atoms with van der Waals surface area (Å²) in [5.41, 5.74) is 5.81. The number of nitrogens with two attached hydrogens (primary N) is 1. The number of hydrogen-bond acceptors (Lipinski definition) is 8. The van der Waals surface area contributed by atoms with E-state index in [1.807, 2.05) is 27.7 Å². The van der Waals surface area contributed by atoms with Gasteiger partial charge in [0, 0.05) is 17.3 Å². The number of amides is 2. The maximum Gasteiger partial charge on any atom is 0.407 e. The molecule has 1 aliphatic heterocycles. The highest BCUT2D eigenvalue weighted by Gasteiger charge is 2.55. The first-order valence-electron chi connectivity index (χ1n) is 16.2. The van der Waals surface area contributed by atoms with Crippen molar-refractivity contribution in [2.45, 2.75) is 70.6 Å². The second kappa shape index (κ2) is 13.4. The van der Waals surface area contributed by atoms with Crippen LogP contribution in [-0.2, 0) is 15.1 Å². The number of aliphatic imine (C=N–C) groups is 1. The minimum absolute atomic E-state index is 0.0326. The van der Waals surface area contributed by atoms with Crippen molar-refractivity contribution in [1.82, 2.24) is 34.8 Å². The highest BCUT2D eigenvalue weighted by Crippen LogP contribution is 2.48. The van der Waals surface area contributed by atoms with Crippen LogP contribution in [0.3, 0.4) is 0 Å². The lowest BCUT2D eigenvalue weighted by Gasteiger charge is -2.37. The second-order valence-electron chi connectivity index (χ2n) is 14.0. The van der Waals surface area contributed by atoms with E-state index in [0.29, 0.717) is 32.5 Å². The number of alkyl carbamates (subject to hydrolysis) is 1. The van der Waals surface area contributed by atoms with Crippen LogP contribution in [0.1, 0.15) is 76.5 Å². The number of nitrogens with one attached hydrogen (secondary N) is 1. The summed E-state index contributed by atoms with van der Waals surface area (Å²) in [6.07, 6.45) is 1.30. The summed E-state index contributed by atoms with van der Waals surface area (Å²) in [6, 6.07) is 9.84. The molecule has 1 aliphatic carbocycles. The number of hydrogen-bond donors (Lipinski definition) is 2. The fourth-order valence-corrected chi connectivity index (χ4v) is 6.20. The van der Waals surface area contributed by atoms with E-state index in [4.69, 9.17) is 27.1 Å². The molecule has 274 valence electrons. The largest absolute Gasteiger partial charge is 0.447 e. The van der Waals surface area contributed by atoms with Crippen LogP contribution in [0.25, 0.3) is 16.8 Å². The number of rotatable bonds is 11. The molecule has 0 saturated heterocycles. The van der Waals surface area contributed by atoms with Gasteiger partial charge >= 0.3 is 12.6 Å². The van der Waals surface area contributed by atoms with Gasteiger partial charge in [-0.1, -0.05) is 69.3 Å². The minimum Gasteiger partial charge on any atom is -0.447 e. The Morgan fingerprint density at radius 1 is 1.10 bits per heavy atom. The third kappa shape index (κ3) is 6.74. The maximum absolute atomic E-state index is 15.0. The Labute approximate surface area is 301 Å². The topological polar surface area (TPSA) is 146 Å². The number of guanidine groups is 1. The molecule has 1 fully saturated rings. The number of ether oxygens (including phenoxy) is 1. The van der Waals surface area contributed by atoms with Crippen LogP contribution in [0.5, 0.6) is 0 Å². The smallest absolute Gasteiger partial charge is 0.407 e. The lowest BCUT2D eigenvalue weighted by atomic mass is 9.71. The molecule has 0 spiro atoms. The fourth-order valence-electron chi connectivity index (χ4n) is 6.01. The summed E-state index contributed by atoms with van der Waals surface area (Å²) in [5.74, 6) is -1.52. The van der Waals surface area contributed by atoms with Crippen molar-refractivity contribution < 1.29 is 31.9 Å². The van der Waals surface area contributed by atoms with Crippen LogP contribution in [0.15, 0.2) is 78.3 Å². The molecule has 3 N–H and O–H groups in total. The molecule has 2 aromatic carbocycles. The standard InChI is InChI=1S/C35H36ClF4N9O3/c1-19(33(2,3)4)35(23-9-6-20(7-10-23)22-15-43-47(16-22)30(39)40)29(50)48(31(41)45-35)26(17-52-32(51)46-34(5)12-13-34)21-8-11-24(36)25(14-21)49-28(27(37)38)42-18-44-49/h6-11,14-16,18,26-27,30H,1,12-13,17H2,2-5H3,(H2,41,45)(H,46,51)/t26-,35-/m1/s1. The third-order valence-corrected chi connectivity index (χ3v) is 9.60. The van der Waals surface area contributed by atoms with Gasteiger partial charge in [-0.25, -0.2) is 32.9 Å². The normalized spacial score (nSPS) is 18.9. The Morgan fingerprint density at radius 2 is 1.79 bits per heavy atom. The predicted molar refractivity (Wildman–Crippen MR) is 184 cm³/mol. The van der Waals surface area contributed by atoms with Crippen molar-refractivity contribution in [2.24, 2.45) is 16.1 Å². The molecule has 2 atom stereocenters. The van der Waals surface area contributed by atoms with E-state index >= 15 is 4.79 Å². The van der Waals surface area contributed by atoms with Crippen molar-refractivity contribution in [1.29, 1.82) is 0 Å². The van der Waals surface area contributed by atoms with Gasteiger partial charge in [-0.3, -0.25) is 9.69 Å². The van der Waals surface area contributed by atoms with E-state index in [9.17, 15) is 22.4 Å². The summed E-state index contributed by atoms with van der Waals surface area (Å²) in [4.78, 5) is 37.6.